The SMILES string of the molecule is CCC1(C)CC2(CCO1)C[C@H](N)c1ccccc1O2. The fourth-order valence-corrected chi connectivity index (χ4v) is 3.46. The number of hydrogen-bond donors (Lipinski definition) is 1. The number of rotatable bonds is 1. The van der Waals surface area contributed by atoms with Crippen LogP contribution in [0.2, 0.25) is 0 Å². The molecular weight excluding hydrogens is 238 g/mol. The summed E-state index contributed by atoms with van der Waals surface area (Å²) in [4.78, 5) is 0. The molecule has 1 aromatic carbocycles. The Morgan fingerprint density at radius 2 is 2.16 bits per heavy atom. The fourth-order valence-electron chi connectivity index (χ4n) is 3.46. The van der Waals surface area contributed by atoms with E-state index in [1.807, 2.05) is 18.2 Å². The van der Waals surface area contributed by atoms with Crippen molar-refractivity contribution in [3.8, 4) is 5.75 Å². The molecule has 0 saturated carbocycles. The third-order valence-electron chi connectivity index (χ3n) is 4.69. The van der Waals surface area contributed by atoms with Crippen molar-refractivity contribution in [2.45, 2.75) is 56.8 Å². The second-order valence-electron chi connectivity index (χ2n) is 6.21. The van der Waals surface area contributed by atoms with Gasteiger partial charge in [0.2, 0.25) is 0 Å². The van der Waals surface area contributed by atoms with Gasteiger partial charge in [0.05, 0.1) is 12.2 Å². The molecule has 104 valence electrons. The number of hydrogen-bond acceptors (Lipinski definition) is 3. The van der Waals surface area contributed by atoms with Gasteiger partial charge < -0.3 is 15.2 Å². The van der Waals surface area contributed by atoms with E-state index >= 15 is 0 Å². The van der Waals surface area contributed by atoms with Crippen LogP contribution in [0.5, 0.6) is 5.75 Å². The second kappa shape index (κ2) is 4.50. The number of para-hydroxylation sites is 1. The summed E-state index contributed by atoms with van der Waals surface area (Å²) in [6.07, 6.45) is 3.76. The molecular formula is C16H23NO2. The van der Waals surface area contributed by atoms with E-state index in [9.17, 15) is 0 Å². The largest absolute Gasteiger partial charge is 0.487 e. The van der Waals surface area contributed by atoms with Gasteiger partial charge in [0.15, 0.2) is 0 Å². The molecule has 2 unspecified atom stereocenters. The van der Waals surface area contributed by atoms with E-state index in [0.717, 1.165) is 43.6 Å². The Balaban J connectivity index is 1.91. The molecule has 3 atom stereocenters. The zero-order valence-corrected chi connectivity index (χ0v) is 11.8. The highest BCUT2D eigenvalue weighted by atomic mass is 16.5. The van der Waals surface area contributed by atoms with Gasteiger partial charge in [-0.2, -0.15) is 0 Å². The smallest absolute Gasteiger partial charge is 0.124 e. The molecule has 0 bridgehead atoms. The third-order valence-corrected chi connectivity index (χ3v) is 4.69. The summed E-state index contributed by atoms with van der Waals surface area (Å²) in [5.41, 5.74) is 7.28. The van der Waals surface area contributed by atoms with Gasteiger partial charge in [-0.05, 0) is 19.4 Å². The lowest BCUT2D eigenvalue weighted by atomic mass is 9.75. The van der Waals surface area contributed by atoms with Crippen LogP contribution in [0.15, 0.2) is 24.3 Å². The van der Waals surface area contributed by atoms with Crippen molar-refractivity contribution in [2.24, 2.45) is 5.73 Å². The summed E-state index contributed by atoms with van der Waals surface area (Å²) in [6, 6.07) is 8.23. The van der Waals surface area contributed by atoms with Crippen LogP contribution >= 0.6 is 0 Å². The first-order valence-electron chi connectivity index (χ1n) is 7.23. The van der Waals surface area contributed by atoms with Gasteiger partial charge in [-0.15, -0.1) is 0 Å². The molecule has 1 saturated heterocycles. The highest BCUT2D eigenvalue weighted by molar-refractivity contribution is 5.38. The molecule has 2 aliphatic heterocycles. The maximum Gasteiger partial charge on any atom is 0.124 e. The maximum absolute atomic E-state index is 6.37. The first-order valence-corrected chi connectivity index (χ1v) is 7.23. The van der Waals surface area contributed by atoms with E-state index in [2.05, 4.69) is 19.9 Å². The average molecular weight is 261 g/mol. The highest BCUT2D eigenvalue weighted by Crippen LogP contribution is 2.46. The van der Waals surface area contributed by atoms with Crippen molar-refractivity contribution in [1.82, 2.24) is 0 Å². The van der Waals surface area contributed by atoms with Crippen molar-refractivity contribution in [3.05, 3.63) is 29.8 Å². The second-order valence-corrected chi connectivity index (χ2v) is 6.21. The Hall–Kier alpha value is -1.06. The van der Waals surface area contributed by atoms with E-state index < -0.39 is 0 Å². The molecule has 0 radical (unpaired) electrons. The van der Waals surface area contributed by atoms with Crippen LogP contribution in [0.25, 0.3) is 0 Å². The van der Waals surface area contributed by atoms with Crippen LogP contribution in [0.3, 0.4) is 0 Å². The standard InChI is InChI=1S/C16H23NO2/c1-3-15(2)11-16(8-9-18-15)10-13(17)12-6-4-5-7-14(12)19-16/h4-7,13H,3,8-11,17H2,1-2H3/t13-,15?,16?/m0/s1. The normalized spacial score (nSPS) is 37.7. The summed E-state index contributed by atoms with van der Waals surface area (Å²) in [7, 11) is 0. The number of nitrogens with two attached hydrogens (primary N) is 1. The molecule has 2 N–H and O–H groups in total. The third kappa shape index (κ3) is 2.26. The molecule has 2 heterocycles. The average Bonchev–Trinajstić information content (AvgIpc) is 2.38. The monoisotopic (exact) mass is 261 g/mol. The molecule has 1 spiro atoms. The summed E-state index contributed by atoms with van der Waals surface area (Å²) in [6.45, 7) is 5.12. The van der Waals surface area contributed by atoms with Gasteiger partial charge >= 0.3 is 0 Å². The first-order chi connectivity index (χ1) is 9.06. The molecule has 0 aromatic heterocycles. The lowest BCUT2D eigenvalue weighted by Crippen LogP contribution is -2.53. The molecule has 0 aliphatic carbocycles. The Labute approximate surface area is 115 Å². The number of benzene rings is 1. The quantitative estimate of drug-likeness (QED) is 0.844. The zero-order chi connectivity index (χ0) is 13.5. The number of fused-ring (bicyclic) bond motifs is 1. The summed E-state index contributed by atoms with van der Waals surface area (Å²) < 4.78 is 12.3. The molecule has 3 rings (SSSR count). The summed E-state index contributed by atoms with van der Waals surface area (Å²) in [5, 5.41) is 0. The zero-order valence-electron chi connectivity index (χ0n) is 11.8. The first kappa shape index (κ1) is 12.9. The maximum atomic E-state index is 6.37. The Bertz CT molecular complexity index is 476. The van der Waals surface area contributed by atoms with Crippen LogP contribution < -0.4 is 10.5 Å². The fraction of sp³-hybridized carbons (Fsp3) is 0.625. The van der Waals surface area contributed by atoms with E-state index in [1.54, 1.807) is 0 Å². The van der Waals surface area contributed by atoms with Crippen molar-refractivity contribution in [1.29, 1.82) is 0 Å². The van der Waals surface area contributed by atoms with Crippen LogP contribution in [-0.4, -0.2) is 17.8 Å². The van der Waals surface area contributed by atoms with Gasteiger partial charge in [0.1, 0.15) is 11.4 Å². The molecule has 3 nitrogen and oxygen atoms in total. The van der Waals surface area contributed by atoms with Crippen LogP contribution in [0, 0.1) is 0 Å². The van der Waals surface area contributed by atoms with Crippen molar-refractivity contribution in [2.75, 3.05) is 6.61 Å². The molecule has 1 fully saturated rings. The minimum absolute atomic E-state index is 0.0733. The highest BCUT2D eigenvalue weighted by Gasteiger charge is 2.47. The summed E-state index contributed by atoms with van der Waals surface area (Å²) >= 11 is 0. The molecule has 2 aliphatic rings. The predicted molar refractivity (Wildman–Crippen MR) is 75.2 cm³/mol. The lowest BCUT2D eigenvalue weighted by Gasteiger charge is -2.49. The van der Waals surface area contributed by atoms with Gasteiger partial charge in [-0.25, -0.2) is 0 Å². The molecule has 0 amide bonds. The Morgan fingerprint density at radius 3 is 2.95 bits per heavy atom. The van der Waals surface area contributed by atoms with Gasteiger partial charge in [-0.3, -0.25) is 0 Å². The topological polar surface area (TPSA) is 44.5 Å². The predicted octanol–water partition coefficient (Wildman–Crippen LogP) is 3.19. The van der Waals surface area contributed by atoms with Gasteiger partial charge in [-0.1, -0.05) is 25.1 Å². The van der Waals surface area contributed by atoms with Crippen LogP contribution in [0.4, 0.5) is 0 Å². The van der Waals surface area contributed by atoms with Crippen LogP contribution in [-0.2, 0) is 4.74 Å². The number of ether oxygens (including phenoxy) is 2. The molecule has 19 heavy (non-hydrogen) atoms. The van der Waals surface area contributed by atoms with E-state index in [1.165, 1.54) is 0 Å². The molecule has 1 aromatic rings. The summed E-state index contributed by atoms with van der Waals surface area (Å²) in [5.74, 6) is 0.960. The van der Waals surface area contributed by atoms with Gasteiger partial charge in [0.25, 0.3) is 0 Å². The van der Waals surface area contributed by atoms with Gasteiger partial charge in [0, 0.05) is 30.9 Å². The van der Waals surface area contributed by atoms with E-state index in [4.69, 9.17) is 15.2 Å². The minimum atomic E-state index is -0.142. The van der Waals surface area contributed by atoms with E-state index in [0.29, 0.717) is 0 Å². The Morgan fingerprint density at radius 1 is 1.37 bits per heavy atom. The van der Waals surface area contributed by atoms with Crippen LogP contribution in [0.1, 0.15) is 51.1 Å². The minimum Gasteiger partial charge on any atom is -0.487 e. The van der Waals surface area contributed by atoms with Crippen molar-refractivity contribution >= 4 is 0 Å². The Kier molecular flexibility index (Phi) is 3.06. The van der Waals surface area contributed by atoms with E-state index in [-0.39, 0.29) is 17.2 Å². The van der Waals surface area contributed by atoms with Crippen molar-refractivity contribution < 1.29 is 9.47 Å². The molecule has 3 heteroatoms. The lowest BCUT2D eigenvalue weighted by molar-refractivity contribution is -0.151. The van der Waals surface area contributed by atoms with Crippen molar-refractivity contribution in [3.63, 3.8) is 0 Å².